The summed E-state index contributed by atoms with van der Waals surface area (Å²) in [5, 5.41) is 8.88. The lowest BCUT2D eigenvalue weighted by Gasteiger charge is -2.30. The van der Waals surface area contributed by atoms with Crippen molar-refractivity contribution in [3.8, 4) is 0 Å². The molecule has 3 saturated heterocycles. The quantitative estimate of drug-likeness (QED) is 0.652. The molecule has 1 aromatic rings. The highest BCUT2D eigenvalue weighted by atomic mass is 19.1. The number of nitrogens with one attached hydrogen (secondary N) is 3. The molecule has 3 N–H and O–H groups in total. The molecule has 0 saturated carbocycles. The van der Waals surface area contributed by atoms with Crippen molar-refractivity contribution in [3.05, 3.63) is 29.1 Å². The van der Waals surface area contributed by atoms with E-state index in [1.165, 1.54) is 6.07 Å². The zero-order valence-corrected chi connectivity index (χ0v) is 15.7. The van der Waals surface area contributed by atoms with Gasteiger partial charge in [-0.2, -0.15) is 0 Å². The topological polar surface area (TPSA) is 108 Å². The van der Waals surface area contributed by atoms with Crippen LogP contribution in [-0.2, 0) is 9.59 Å². The lowest BCUT2D eigenvalue weighted by atomic mass is 9.99. The third-order valence-corrected chi connectivity index (χ3v) is 6.36. The first-order chi connectivity index (χ1) is 13.9. The first-order valence-corrected chi connectivity index (χ1v) is 9.98. The average Bonchev–Trinajstić information content (AvgIpc) is 3.13. The number of nitrogens with zero attached hydrogens (tertiary/aromatic N) is 1. The SMILES string of the molecule is O=C1CCC(N2C(=O)c3cc(F)c(NC4CC5CCC(C4)N5)cc3C2=O)C(=O)N1. The van der Waals surface area contributed by atoms with Gasteiger partial charge in [0.1, 0.15) is 11.9 Å². The summed E-state index contributed by atoms with van der Waals surface area (Å²) >= 11 is 0. The minimum absolute atomic E-state index is 0.0447. The molecule has 0 aliphatic carbocycles. The number of carbonyl (C=O) groups excluding carboxylic acids is 4. The molecule has 4 amide bonds. The molecule has 0 aromatic heterocycles. The Hall–Kier alpha value is -2.81. The van der Waals surface area contributed by atoms with Crippen LogP contribution in [0.25, 0.3) is 0 Å². The number of rotatable bonds is 3. The fourth-order valence-electron chi connectivity index (χ4n) is 5.00. The fraction of sp³-hybridized carbons (Fsp3) is 0.500. The molecule has 0 radical (unpaired) electrons. The van der Waals surface area contributed by atoms with Gasteiger partial charge in [0.2, 0.25) is 11.8 Å². The van der Waals surface area contributed by atoms with Crippen LogP contribution in [0.5, 0.6) is 0 Å². The summed E-state index contributed by atoms with van der Waals surface area (Å²) in [4.78, 5) is 49.9. The van der Waals surface area contributed by atoms with Gasteiger partial charge in [0.15, 0.2) is 0 Å². The van der Waals surface area contributed by atoms with E-state index in [1.54, 1.807) is 0 Å². The van der Waals surface area contributed by atoms with E-state index < -0.39 is 35.5 Å². The second-order valence-electron chi connectivity index (χ2n) is 8.28. The van der Waals surface area contributed by atoms with E-state index in [4.69, 9.17) is 0 Å². The summed E-state index contributed by atoms with van der Waals surface area (Å²) in [6, 6.07) is 2.34. The number of benzene rings is 1. The van der Waals surface area contributed by atoms with Gasteiger partial charge in [-0.05, 0) is 44.2 Å². The molecule has 9 heteroatoms. The van der Waals surface area contributed by atoms with Gasteiger partial charge in [0.05, 0.1) is 16.8 Å². The van der Waals surface area contributed by atoms with Gasteiger partial charge in [0.25, 0.3) is 11.8 Å². The largest absolute Gasteiger partial charge is 0.380 e. The second-order valence-corrected chi connectivity index (χ2v) is 8.28. The number of carbonyl (C=O) groups is 4. The lowest BCUT2D eigenvalue weighted by molar-refractivity contribution is -0.136. The normalized spacial score (nSPS) is 31.1. The Morgan fingerprint density at radius 2 is 1.62 bits per heavy atom. The van der Waals surface area contributed by atoms with E-state index in [9.17, 15) is 23.6 Å². The molecule has 8 nitrogen and oxygen atoms in total. The first kappa shape index (κ1) is 18.2. The number of halogens is 1. The molecule has 152 valence electrons. The first-order valence-electron chi connectivity index (χ1n) is 9.98. The molecule has 4 aliphatic heterocycles. The fourth-order valence-corrected chi connectivity index (χ4v) is 5.00. The van der Waals surface area contributed by atoms with Crippen molar-refractivity contribution in [3.63, 3.8) is 0 Å². The number of piperidine rings is 2. The third kappa shape index (κ3) is 3.00. The Kier molecular flexibility index (Phi) is 4.16. The molecule has 2 bridgehead atoms. The monoisotopic (exact) mass is 400 g/mol. The molecule has 4 heterocycles. The highest BCUT2D eigenvalue weighted by molar-refractivity contribution is 6.23. The Bertz CT molecular complexity index is 937. The predicted octanol–water partition coefficient (Wildman–Crippen LogP) is 0.922. The number of fused-ring (bicyclic) bond motifs is 3. The van der Waals surface area contributed by atoms with Crippen molar-refractivity contribution in [2.45, 2.75) is 62.7 Å². The average molecular weight is 400 g/mol. The molecule has 5 rings (SSSR count). The van der Waals surface area contributed by atoms with Crippen LogP contribution in [0.2, 0.25) is 0 Å². The van der Waals surface area contributed by atoms with Crippen LogP contribution in [0.1, 0.15) is 59.2 Å². The van der Waals surface area contributed by atoms with E-state index in [1.807, 2.05) is 0 Å². The van der Waals surface area contributed by atoms with Crippen LogP contribution in [0.15, 0.2) is 12.1 Å². The van der Waals surface area contributed by atoms with Crippen molar-refractivity contribution in [1.82, 2.24) is 15.5 Å². The molecule has 3 unspecified atom stereocenters. The van der Waals surface area contributed by atoms with Crippen molar-refractivity contribution < 1.29 is 23.6 Å². The van der Waals surface area contributed by atoms with Crippen molar-refractivity contribution in [2.75, 3.05) is 5.32 Å². The number of hydrogen-bond donors (Lipinski definition) is 3. The van der Waals surface area contributed by atoms with Gasteiger partial charge >= 0.3 is 0 Å². The maximum absolute atomic E-state index is 14.7. The summed E-state index contributed by atoms with van der Waals surface area (Å²) < 4.78 is 14.7. The van der Waals surface area contributed by atoms with Gasteiger partial charge in [-0.1, -0.05) is 0 Å². The standard InChI is InChI=1S/C20H21FN4O4/c21-14-7-12-13(8-15(14)23-11-5-9-1-2-10(6-11)22-9)20(29)25(19(12)28)16-3-4-17(26)24-18(16)27/h7-11,16,22-23H,1-6H2,(H,24,26,27). The van der Waals surface area contributed by atoms with Crippen molar-refractivity contribution >= 4 is 29.3 Å². The third-order valence-electron chi connectivity index (χ3n) is 6.36. The van der Waals surface area contributed by atoms with Gasteiger partial charge in [0, 0.05) is 24.5 Å². The van der Waals surface area contributed by atoms with E-state index in [0.29, 0.717) is 12.1 Å². The highest BCUT2D eigenvalue weighted by Gasteiger charge is 2.45. The van der Waals surface area contributed by atoms with E-state index in [0.717, 1.165) is 36.6 Å². The maximum atomic E-state index is 14.7. The van der Waals surface area contributed by atoms with Crippen molar-refractivity contribution in [1.29, 1.82) is 0 Å². The minimum atomic E-state index is -1.06. The van der Waals surface area contributed by atoms with Crippen LogP contribution >= 0.6 is 0 Å². The highest BCUT2D eigenvalue weighted by Crippen LogP contribution is 2.33. The summed E-state index contributed by atoms with van der Waals surface area (Å²) in [6.45, 7) is 0. The molecule has 3 atom stereocenters. The molecular weight excluding hydrogens is 379 g/mol. The minimum Gasteiger partial charge on any atom is -0.380 e. The number of imide groups is 2. The molecule has 4 aliphatic rings. The van der Waals surface area contributed by atoms with Crippen molar-refractivity contribution in [2.24, 2.45) is 0 Å². The summed E-state index contributed by atoms with van der Waals surface area (Å²) in [7, 11) is 0. The maximum Gasteiger partial charge on any atom is 0.262 e. The van der Waals surface area contributed by atoms with Gasteiger partial charge < -0.3 is 10.6 Å². The lowest BCUT2D eigenvalue weighted by Crippen LogP contribution is -2.54. The molecule has 29 heavy (non-hydrogen) atoms. The van der Waals surface area contributed by atoms with Crippen LogP contribution in [0, 0.1) is 5.82 Å². The van der Waals surface area contributed by atoms with Gasteiger partial charge in [-0.3, -0.25) is 29.4 Å². The summed E-state index contributed by atoms with van der Waals surface area (Å²) in [6.07, 6.45) is 4.10. The number of hydrogen-bond acceptors (Lipinski definition) is 6. The van der Waals surface area contributed by atoms with Crippen LogP contribution in [0.3, 0.4) is 0 Å². The van der Waals surface area contributed by atoms with E-state index >= 15 is 0 Å². The van der Waals surface area contributed by atoms with Crippen LogP contribution < -0.4 is 16.0 Å². The summed E-state index contributed by atoms with van der Waals surface area (Å²) in [5.74, 6) is -3.05. The Labute approximate surface area is 166 Å². The van der Waals surface area contributed by atoms with Gasteiger partial charge in [-0.25, -0.2) is 4.39 Å². The molecular formula is C20H21FN4O4. The molecule has 1 aromatic carbocycles. The Morgan fingerprint density at radius 1 is 0.966 bits per heavy atom. The zero-order chi connectivity index (χ0) is 20.3. The number of amides is 4. The van der Waals surface area contributed by atoms with E-state index in [-0.39, 0.29) is 35.7 Å². The number of anilines is 1. The smallest absolute Gasteiger partial charge is 0.262 e. The van der Waals surface area contributed by atoms with Crippen LogP contribution in [-0.4, -0.2) is 52.7 Å². The molecule has 3 fully saturated rings. The summed E-state index contributed by atoms with van der Waals surface area (Å²) in [5.41, 5.74) is 0.231. The Balaban J connectivity index is 1.40. The van der Waals surface area contributed by atoms with E-state index in [2.05, 4.69) is 16.0 Å². The zero-order valence-electron chi connectivity index (χ0n) is 15.7. The Morgan fingerprint density at radius 3 is 2.28 bits per heavy atom. The second kappa shape index (κ2) is 6.62. The van der Waals surface area contributed by atoms with Gasteiger partial charge in [-0.15, -0.1) is 0 Å². The molecule has 0 spiro atoms. The van der Waals surface area contributed by atoms with Crippen LogP contribution in [0.4, 0.5) is 10.1 Å². The predicted molar refractivity (Wildman–Crippen MR) is 99.7 cm³/mol.